The Morgan fingerprint density at radius 1 is 1.22 bits per heavy atom. The molecule has 0 bridgehead atoms. The average molecular weight is 335 g/mol. The molecule has 0 aliphatic carbocycles. The van der Waals surface area contributed by atoms with Crippen LogP contribution in [0.3, 0.4) is 0 Å². The maximum atomic E-state index is 9.04. The Morgan fingerprint density at radius 3 is 2.57 bits per heavy atom. The zero-order chi connectivity index (χ0) is 16.6. The molecule has 1 aliphatic heterocycles. The van der Waals surface area contributed by atoms with Gasteiger partial charge in [-0.15, -0.1) is 11.3 Å². The van der Waals surface area contributed by atoms with E-state index in [1.807, 2.05) is 0 Å². The van der Waals surface area contributed by atoms with E-state index >= 15 is 0 Å². The first-order valence-electron chi connectivity index (χ1n) is 8.11. The lowest BCUT2D eigenvalue weighted by Gasteiger charge is -2.37. The summed E-state index contributed by atoms with van der Waals surface area (Å²) in [5.74, 6) is 1.41. The molecule has 0 amide bonds. The van der Waals surface area contributed by atoms with Gasteiger partial charge >= 0.3 is 0 Å². The number of hydrogen-bond donors (Lipinski definition) is 2. The average Bonchev–Trinajstić information content (AvgIpc) is 2.82. The van der Waals surface area contributed by atoms with Gasteiger partial charge in [0.1, 0.15) is 16.5 Å². The van der Waals surface area contributed by atoms with Crippen molar-refractivity contribution in [3.05, 3.63) is 16.3 Å². The van der Waals surface area contributed by atoms with Gasteiger partial charge in [0.2, 0.25) is 0 Å². The minimum atomic E-state index is 0.153. The third kappa shape index (κ3) is 3.19. The largest absolute Gasteiger partial charge is 0.395 e. The van der Waals surface area contributed by atoms with Crippen molar-refractivity contribution in [3.8, 4) is 0 Å². The Balaban J connectivity index is 1.80. The zero-order valence-corrected chi connectivity index (χ0v) is 14.9. The van der Waals surface area contributed by atoms with E-state index in [1.54, 1.807) is 11.3 Å². The summed E-state index contributed by atoms with van der Waals surface area (Å²) in [6, 6.07) is 0.153. The van der Waals surface area contributed by atoms with Crippen LogP contribution in [0, 0.1) is 13.8 Å². The van der Waals surface area contributed by atoms with Crippen molar-refractivity contribution in [1.82, 2.24) is 19.8 Å². The number of aromatic nitrogens is 2. The van der Waals surface area contributed by atoms with Gasteiger partial charge in [-0.1, -0.05) is 0 Å². The number of piperazine rings is 1. The lowest BCUT2D eigenvalue weighted by Crippen LogP contribution is -2.48. The summed E-state index contributed by atoms with van der Waals surface area (Å²) in [5, 5.41) is 10.0. The molecular formula is C16H25N5OS. The second-order valence-electron chi connectivity index (χ2n) is 6.21. The zero-order valence-electron chi connectivity index (χ0n) is 14.0. The molecule has 2 aromatic rings. The van der Waals surface area contributed by atoms with Gasteiger partial charge in [-0.3, -0.25) is 9.80 Å². The van der Waals surface area contributed by atoms with Crippen LogP contribution in [-0.2, 0) is 0 Å². The number of β-amino-alcohol motifs (C(OH)–C–C–N with tert-alkyl or cyclic N) is 1. The summed E-state index contributed by atoms with van der Waals surface area (Å²) in [4.78, 5) is 16.3. The molecule has 0 saturated carbocycles. The molecule has 1 atom stereocenters. The molecule has 6 nitrogen and oxygen atoms in total. The van der Waals surface area contributed by atoms with Crippen LogP contribution in [0.4, 0.5) is 5.82 Å². The van der Waals surface area contributed by atoms with Crippen LogP contribution in [-0.4, -0.2) is 64.2 Å². The number of fused-ring (bicyclic) bond motifs is 1. The van der Waals surface area contributed by atoms with Crippen LogP contribution in [0.5, 0.6) is 0 Å². The molecule has 1 fully saturated rings. The van der Waals surface area contributed by atoms with Crippen LogP contribution < -0.4 is 5.73 Å². The second-order valence-corrected chi connectivity index (χ2v) is 7.41. The summed E-state index contributed by atoms with van der Waals surface area (Å²) in [7, 11) is 0. The minimum Gasteiger partial charge on any atom is -0.395 e. The Kier molecular flexibility index (Phi) is 4.82. The smallest absolute Gasteiger partial charge is 0.149 e. The number of aliphatic hydroxyl groups excluding tert-OH is 1. The molecular weight excluding hydrogens is 310 g/mol. The molecule has 1 aliphatic rings. The van der Waals surface area contributed by atoms with Crippen molar-refractivity contribution >= 4 is 27.4 Å². The molecule has 2 aromatic heterocycles. The highest BCUT2D eigenvalue weighted by Crippen LogP contribution is 2.33. The number of nitrogens with two attached hydrogens (primary N) is 1. The van der Waals surface area contributed by atoms with Crippen molar-refractivity contribution in [2.75, 3.05) is 45.1 Å². The number of hydrogen-bond acceptors (Lipinski definition) is 7. The van der Waals surface area contributed by atoms with Gasteiger partial charge in [0.05, 0.1) is 18.0 Å². The predicted molar refractivity (Wildman–Crippen MR) is 94.8 cm³/mol. The Morgan fingerprint density at radius 2 is 1.91 bits per heavy atom. The van der Waals surface area contributed by atoms with Crippen LogP contribution in [0.2, 0.25) is 0 Å². The van der Waals surface area contributed by atoms with E-state index in [2.05, 4.69) is 35.6 Å². The molecule has 1 unspecified atom stereocenters. The van der Waals surface area contributed by atoms with Gasteiger partial charge in [0, 0.05) is 37.6 Å². The summed E-state index contributed by atoms with van der Waals surface area (Å²) in [5.41, 5.74) is 7.39. The Bertz CT molecular complexity index is 693. The SMILES string of the molecule is Cc1sc2nc(C(C)N3CCN(CCO)CC3)nc(N)c2c1C. The van der Waals surface area contributed by atoms with Crippen LogP contribution >= 0.6 is 11.3 Å². The number of thiophene rings is 1. The minimum absolute atomic E-state index is 0.153. The highest BCUT2D eigenvalue weighted by atomic mass is 32.1. The summed E-state index contributed by atoms with van der Waals surface area (Å²) < 4.78 is 0. The van der Waals surface area contributed by atoms with Gasteiger partial charge in [-0.25, -0.2) is 9.97 Å². The maximum absolute atomic E-state index is 9.04. The van der Waals surface area contributed by atoms with Crippen molar-refractivity contribution in [1.29, 1.82) is 0 Å². The van der Waals surface area contributed by atoms with Crippen LogP contribution in [0.25, 0.3) is 10.2 Å². The molecule has 0 aromatic carbocycles. The fourth-order valence-electron chi connectivity index (χ4n) is 3.16. The second kappa shape index (κ2) is 6.68. The summed E-state index contributed by atoms with van der Waals surface area (Å²) in [6.07, 6.45) is 0. The fraction of sp³-hybridized carbons (Fsp3) is 0.625. The first-order valence-corrected chi connectivity index (χ1v) is 8.93. The van der Waals surface area contributed by atoms with Crippen molar-refractivity contribution in [2.45, 2.75) is 26.8 Å². The molecule has 3 N–H and O–H groups in total. The highest BCUT2D eigenvalue weighted by Gasteiger charge is 2.24. The Labute approximate surface area is 140 Å². The molecule has 126 valence electrons. The molecule has 0 radical (unpaired) electrons. The van der Waals surface area contributed by atoms with Gasteiger partial charge < -0.3 is 10.8 Å². The standard InChI is InChI=1S/C16H25N5OS/c1-10-12(3)23-16-13(10)14(17)18-15(19-16)11(2)21-6-4-20(5-7-21)8-9-22/h11,22H,4-9H2,1-3H3,(H2,17,18,19). The predicted octanol–water partition coefficient (Wildman–Crippen LogP) is 1.56. The van der Waals surface area contributed by atoms with E-state index < -0.39 is 0 Å². The molecule has 7 heteroatoms. The van der Waals surface area contributed by atoms with Crippen LogP contribution in [0.1, 0.15) is 29.2 Å². The number of aliphatic hydroxyl groups is 1. The van der Waals surface area contributed by atoms with E-state index in [0.29, 0.717) is 5.82 Å². The van der Waals surface area contributed by atoms with E-state index in [0.717, 1.165) is 48.8 Å². The van der Waals surface area contributed by atoms with E-state index in [9.17, 15) is 0 Å². The third-order valence-corrected chi connectivity index (χ3v) is 5.92. The van der Waals surface area contributed by atoms with Gasteiger partial charge in [0.15, 0.2) is 0 Å². The number of nitrogen functional groups attached to an aromatic ring is 1. The quantitative estimate of drug-likeness (QED) is 0.883. The lowest BCUT2D eigenvalue weighted by atomic mass is 10.2. The van der Waals surface area contributed by atoms with Crippen LogP contribution in [0.15, 0.2) is 0 Å². The fourth-order valence-corrected chi connectivity index (χ4v) is 4.21. The molecule has 1 saturated heterocycles. The highest BCUT2D eigenvalue weighted by molar-refractivity contribution is 7.18. The lowest BCUT2D eigenvalue weighted by molar-refractivity contribution is 0.0864. The number of aryl methyl sites for hydroxylation is 2. The molecule has 23 heavy (non-hydrogen) atoms. The van der Waals surface area contributed by atoms with Crippen molar-refractivity contribution in [3.63, 3.8) is 0 Å². The van der Waals surface area contributed by atoms with Gasteiger partial charge in [-0.05, 0) is 26.3 Å². The van der Waals surface area contributed by atoms with Crippen molar-refractivity contribution in [2.24, 2.45) is 0 Å². The first-order chi connectivity index (χ1) is 11.0. The van der Waals surface area contributed by atoms with E-state index in [-0.39, 0.29) is 12.6 Å². The number of rotatable bonds is 4. The normalized spacial score (nSPS) is 18.6. The molecule has 3 rings (SSSR count). The topological polar surface area (TPSA) is 78.5 Å². The summed E-state index contributed by atoms with van der Waals surface area (Å²) >= 11 is 1.69. The number of nitrogens with zero attached hydrogens (tertiary/aromatic N) is 4. The molecule has 3 heterocycles. The maximum Gasteiger partial charge on any atom is 0.149 e. The Hall–Kier alpha value is -1.28. The third-order valence-electron chi connectivity index (χ3n) is 4.82. The molecule has 0 spiro atoms. The van der Waals surface area contributed by atoms with Gasteiger partial charge in [0.25, 0.3) is 0 Å². The first kappa shape index (κ1) is 16.6. The van der Waals surface area contributed by atoms with Crippen molar-refractivity contribution < 1.29 is 5.11 Å². The monoisotopic (exact) mass is 335 g/mol. The van der Waals surface area contributed by atoms with E-state index in [4.69, 9.17) is 15.8 Å². The van der Waals surface area contributed by atoms with E-state index in [1.165, 1.54) is 10.4 Å². The van der Waals surface area contributed by atoms with Gasteiger partial charge in [-0.2, -0.15) is 0 Å². The number of anilines is 1. The summed E-state index contributed by atoms with van der Waals surface area (Å²) in [6.45, 7) is 11.2.